The fourth-order valence-electron chi connectivity index (χ4n) is 9.47. The number of ether oxygens (including phenoxy) is 2. The van der Waals surface area contributed by atoms with Crippen LogP contribution in [0.25, 0.3) is 21.9 Å². The van der Waals surface area contributed by atoms with Crippen LogP contribution in [-0.4, -0.2) is 19.3 Å². The zero-order chi connectivity index (χ0) is 24.9. The number of rotatable bonds is 4. The highest BCUT2D eigenvalue weighted by Gasteiger charge is 2.71. The molecule has 4 aliphatic carbocycles. The van der Waals surface area contributed by atoms with E-state index in [9.17, 15) is 5.11 Å². The summed E-state index contributed by atoms with van der Waals surface area (Å²) in [4.78, 5) is 0. The second kappa shape index (κ2) is 7.61. The Hall–Kier alpha value is -3.30. The largest absolute Gasteiger partial charge is 0.496 e. The minimum Gasteiger partial charge on any atom is -0.496 e. The van der Waals surface area contributed by atoms with Gasteiger partial charge < -0.3 is 14.6 Å². The van der Waals surface area contributed by atoms with E-state index in [-0.39, 0.29) is 11.8 Å². The number of fused-ring (bicyclic) bond motifs is 13. The fraction of sp³-hybridized carbons (Fsp3) is 0.353. The van der Waals surface area contributed by atoms with Gasteiger partial charge in [-0.2, -0.15) is 0 Å². The van der Waals surface area contributed by atoms with Crippen LogP contribution in [0.1, 0.15) is 47.8 Å². The van der Waals surface area contributed by atoms with Crippen molar-refractivity contribution in [1.29, 1.82) is 0 Å². The summed E-state index contributed by atoms with van der Waals surface area (Å²) in [6, 6.07) is 27.8. The van der Waals surface area contributed by atoms with Crippen molar-refractivity contribution < 1.29 is 14.6 Å². The Bertz CT molecular complexity index is 1450. The second-order valence-electron chi connectivity index (χ2n) is 11.6. The second-order valence-corrected chi connectivity index (χ2v) is 11.6. The summed E-state index contributed by atoms with van der Waals surface area (Å²) in [5.74, 6) is 4.45. The predicted octanol–water partition coefficient (Wildman–Crippen LogP) is 7.27. The molecule has 0 amide bonds. The molecule has 0 heterocycles. The first-order valence-electron chi connectivity index (χ1n) is 13.7. The summed E-state index contributed by atoms with van der Waals surface area (Å²) in [6.45, 7) is 0. The molecular formula is C34H32O3. The molecule has 0 aromatic heterocycles. The standard InChI is InChI=1S/C34H32O3/c1-36-32-22-10-6-7-11-23(22)33(37-2)31-25-18-24(30(31)32)28-26-16-17-27(29(25)28)34(26,35)21-14-12-20(13-15-21)19-8-4-3-5-9-19/h3-15,24-29,35H,16-18H2,1-2H3. The Balaban J connectivity index is 1.24. The van der Waals surface area contributed by atoms with Crippen molar-refractivity contribution in [1.82, 2.24) is 0 Å². The zero-order valence-corrected chi connectivity index (χ0v) is 21.4. The Morgan fingerprint density at radius 3 is 1.65 bits per heavy atom. The highest BCUT2D eigenvalue weighted by Crippen LogP contribution is 2.77. The Kier molecular flexibility index (Phi) is 4.48. The maximum atomic E-state index is 12.6. The van der Waals surface area contributed by atoms with Gasteiger partial charge in [0, 0.05) is 21.9 Å². The highest BCUT2D eigenvalue weighted by molar-refractivity contribution is 5.97. The molecule has 0 radical (unpaired) electrons. The molecule has 0 spiro atoms. The van der Waals surface area contributed by atoms with E-state index in [2.05, 4.69) is 78.9 Å². The first-order valence-corrected chi connectivity index (χ1v) is 13.7. The summed E-state index contributed by atoms with van der Waals surface area (Å²) in [7, 11) is 3.62. The molecule has 0 aliphatic heterocycles. The molecule has 1 N–H and O–H groups in total. The molecule has 4 aromatic rings. The number of methoxy groups -OCH3 is 2. The van der Waals surface area contributed by atoms with Gasteiger partial charge in [0.2, 0.25) is 0 Å². The van der Waals surface area contributed by atoms with E-state index in [1.54, 1.807) is 0 Å². The van der Waals surface area contributed by atoms with Crippen LogP contribution in [0.5, 0.6) is 11.5 Å². The number of hydrogen-bond donors (Lipinski definition) is 1. The Morgan fingerprint density at radius 1 is 0.649 bits per heavy atom. The third-order valence-electron chi connectivity index (χ3n) is 10.5. The SMILES string of the molecule is COc1c2c(c(OC)c3ccccc13)C1CC2C2C1C1CCC2C1(O)c1ccc(-c2ccccc2)cc1. The first kappa shape index (κ1) is 21.8. The van der Waals surface area contributed by atoms with Crippen molar-refractivity contribution in [2.24, 2.45) is 23.7 Å². The summed E-state index contributed by atoms with van der Waals surface area (Å²) < 4.78 is 12.2. The van der Waals surface area contributed by atoms with Crippen LogP contribution in [0.2, 0.25) is 0 Å². The number of benzene rings is 4. The molecule has 3 fully saturated rings. The van der Waals surface area contributed by atoms with Gasteiger partial charge in [-0.25, -0.2) is 0 Å². The first-order chi connectivity index (χ1) is 18.2. The molecule has 37 heavy (non-hydrogen) atoms. The van der Waals surface area contributed by atoms with Crippen molar-refractivity contribution in [3.8, 4) is 22.6 Å². The van der Waals surface area contributed by atoms with Crippen LogP contribution in [-0.2, 0) is 5.60 Å². The van der Waals surface area contributed by atoms with Crippen LogP contribution in [0.15, 0.2) is 78.9 Å². The summed E-state index contributed by atoms with van der Waals surface area (Å²) in [5, 5.41) is 14.8. The molecule has 3 nitrogen and oxygen atoms in total. The monoisotopic (exact) mass is 488 g/mol. The summed E-state index contributed by atoms with van der Waals surface area (Å²) in [6.07, 6.45) is 3.37. The molecule has 186 valence electrons. The van der Waals surface area contributed by atoms with Crippen molar-refractivity contribution in [3.05, 3.63) is 95.6 Å². The fourth-order valence-corrected chi connectivity index (χ4v) is 9.47. The van der Waals surface area contributed by atoms with E-state index >= 15 is 0 Å². The molecule has 4 aliphatic rings. The number of aliphatic hydroxyl groups is 1. The Labute approximate surface area is 218 Å². The van der Waals surface area contributed by atoms with E-state index in [0.717, 1.165) is 47.1 Å². The van der Waals surface area contributed by atoms with Gasteiger partial charge in [0.05, 0.1) is 19.8 Å². The van der Waals surface area contributed by atoms with Crippen LogP contribution in [0.3, 0.4) is 0 Å². The maximum Gasteiger partial charge on any atom is 0.130 e. The zero-order valence-electron chi connectivity index (χ0n) is 21.4. The predicted molar refractivity (Wildman–Crippen MR) is 146 cm³/mol. The summed E-state index contributed by atoms with van der Waals surface area (Å²) in [5.41, 5.74) is 5.47. The maximum absolute atomic E-state index is 12.6. The molecule has 3 saturated carbocycles. The Morgan fingerprint density at radius 2 is 1.14 bits per heavy atom. The van der Waals surface area contributed by atoms with Crippen LogP contribution < -0.4 is 9.47 Å². The summed E-state index contributed by atoms with van der Waals surface area (Å²) >= 11 is 0. The van der Waals surface area contributed by atoms with E-state index in [1.165, 1.54) is 22.3 Å². The minimum atomic E-state index is -0.761. The smallest absolute Gasteiger partial charge is 0.130 e. The van der Waals surface area contributed by atoms with Gasteiger partial charge in [-0.1, -0.05) is 78.9 Å². The highest BCUT2D eigenvalue weighted by atomic mass is 16.5. The lowest BCUT2D eigenvalue weighted by Crippen LogP contribution is -2.33. The minimum absolute atomic E-state index is 0.287. The quantitative estimate of drug-likeness (QED) is 0.307. The van der Waals surface area contributed by atoms with Gasteiger partial charge in [-0.05, 0) is 71.5 Å². The average Bonchev–Trinajstić information content (AvgIpc) is 3.69. The van der Waals surface area contributed by atoms with E-state index in [4.69, 9.17) is 9.47 Å². The lowest BCUT2D eigenvalue weighted by atomic mass is 9.68. The van der Waals surface area contributed by atoms with Crippen molar-refractivity contribution >= 4 is 10.8 Å². The third kappa shape index (κ3) is 2.61. The van der Waals surface area contributed by atoms with Crippen LogP contribution in [0.4, 0.5) is 0 Å². The molecule has 6 atom stereocenters. The van der Waals surface area contributed by atoms with Gasteiger partial charge in [-0.15, -0.1) is 0 Å². The topological polar surface area (TPSA) is 38.7 Å². The molecule has 3 heteroatoms. The van der Waals surface area contributed by atoms with Gasteiger partial charge >= 0.3 is 0 Å². The lowest BCUT2D eigenvalue weighted by Gasteiger charge is -2.37. The van der Waals surface area contributed by atoms with E-state index in [1.807, 2.05) is 14.2 Å². The third-order valence-corrected chi connectivity index (χ3v) is 10.5. The molecule has 0 saturated heterocycles. The van der Waals surface area contributed by atoms with Crippen LogP contribution in [0, 0.1) is 23.7 Å². The average molecular weight is 489 g/mol. The molecule has 8 rings (SSSR count). The van der Waals surface area contributed by atoms with Crippen LogP contribution >= 0.6 is 0 Å². The molecular weight excluding hydrogens is 456 g/mol. The molecule has 4 aromatic carbocycles. The van der Waals surface area contributed by atoms with Gasteiger partial charge in [-0.3, -0.25) is 0 Å². The van der Waals surface area contributed by atoms with E-state index in [0.29, 0.717) is 23.7 Å². The molecule has 6 unspecified atom stereocenters. The molecule has 4 bridgehead atoms. The van der Waals surface area contributed by atoms with Crippen molar-refractivity contribution in [3.63, 3.8) is 0 Å². The van der Waals surface area contributed by atoms with Crippen molar-refractivity contribution in [2.75, 3.05) is 14.2 Å². The van der Waals surface area contributed by atoms with Gasteiger partial charge in [0.15, 0.2) is 0 Å². The normalized spacial score (nSPS) is 32.5. The number of hydrogen-bond acceptors (Lipinski definition) is 3. The van der Waals surface area contributed by atoms with E-state index < -0.39 is 5.60 Å². The lowest BCUT2D eigenvalue weighted by molar-refractivity contribution is -0.0231. The van der Waals surface area contributed by atoms with Gasteiger partial charge in [0.25, 0.3) is 0 Å². The van der Waals surface area contributed by atoms with Gasteiger partial charge in [0.1, 0.15) is 11.5 Å². The van der Waals surface area contributed by atoms with Crippen molar-refractivity contribution in [2.45, 2.75) is 36.7 Å².